The zero-order chi connectivity index (χ0) is 13.0. The number of hydrogen-bond acceptors (Lipinski definition) is 5. The molecule has 100 valence electrons. The van der Waals surface area contributed by atoms with Crippen molar-refractivity contribution in [3.8, 4) is 6.01 Å². The monoisotopic (exact) mass is 250 g/mol. The molecule has 1 atom stereocenters. The van der Waals surface area contributed by atoms with Gasteiger partial charge >= 0.3 is 6.01 Å². The Bertz CT molecular complexity index is 397. The van der Waals surface area contributed by atoms with Gasteiger partial charge in [0.2, 0.25) is 0 Å². The molecular weight excluding hydrogens is 228 g/mol. The van der Waals surface area contributed by atoms with Crippen molar-refractivity contribution >= 4 is 0 Å². The van der Waals surface area contributed by atoms with Crippen LogP contribution in [-0.4, -0.2) is 41.1 Å². The van der Waals surface area contributed by atoms with Gasteiger partial charge in [-0.15, -0.1) is 0 Å². The van der Waals surface area contributed by atoms with Crippen LogP contribution in [0.25, 0.3) is 0 Å². The summed E-state index contributed by atoms with van der Waals surface area (Å²) in [5.74, 6) is 0. The quantitative estimate of drug-likeness (QED) is 0.848. The van der Waals surface area contributed by atoms with Crippen LogP contribution in [-0.2, 0) is 6.54 Å². The van der Waals surface area contributed by atoms with E-state index in [1.54, 1.807) is 6.20 Å². The highest BCUT2D eigenvalue weighted by atomic mass is 16.5. The summed E-state index contributed by atoms with van der Waals surface area (Å²) < 4.78 is 5.61. The summed E-state index contributed by atoms with van der Waals surface area (Å²) in [6, 6.07) is 1.11. The highest BCUT2D eigenvalue weighted by molar-refractivity contribution is 5.17. The first-order chi connectivity index (χ1) is 8.70. The molecule has 0 radical (unpaired) electrons. The fraction of sp³-hybridized carbons (Fsp3) is 0.692. The van der Waals surface area contributed by atoms with Gasteiger partial charge in [0, 0.05) is 30.0 Å². The number of nitrogens with two attached hydrogens (primary N) is 1. The van der Waals surface area contributed by atoms with E-state index in [2.05, 4.69) is 21.9 Å². The van der Waals surface area contributed by atoms with Crippen molar-refractivity contribution in [3.63, 3.8) is 0 Å². The third-order valence-corrected chi connectivity index (χ3v) is 3.63. The summed E-state index contributed by atoms with van der Waals surface area (Å²) in [7, 11) is 2.17. The van der Waals surface area contributed by atoms with Crippen molar-refractivity contribution in [1.29, 1.82) is 0 Å². The molecular formula is C13H22N4O. The zero-order valence-corrected chi connectivity index (χ0v) is 11.2. The average molecular weight is 250 g/mol. The lowest BCUT2D eigenvalue weighted by molar-refractivity contribution is 0.222. The second-order valence-corrected chi connectivity index (χ2v) is 4.88. The summed E-state index contributed by atoms with van der Waals surface area (Å²) >= 11 is 0. The van der Waals surface area contributed by atoms with Crippen LogP contribution in [0, 0.1) is 6.92 Å². The fourth-order valence-electron chi connectivity index (χ4n) is 2.37. The molecule has 5 nitrogen and oxygen atoms in total. The Morgan fingerprint density at radius 2 is 2.39 bits per heavy atom. The van der Waals surface area contributed by atoms with E-state index in [1.165, 1.54) is 19.4 Å². The van der Waals surface area contributed by atoms with E-state index in [0.717, 1.165) is 17.7 Å². The summed E-state index contributed by atoms with van der Waals surface area (Å²) in [5.41, 5.74) is 7.45. The maximum Gasteiger partial charge on any atom is 0.316 e. The smallest absolute Gasteiger partial charge is 0.316 e. The van der Waals surface area contributed by atoms with Gasteiger partial charge < -0.3 is 15.4 Å². The second kappa shape index (κ2) is 6.11. The highest BCUT2D eigenvalue weighted by Crippen LogP contribution is 2.18. The molecule has 1 fully saturated rings. The Labute approximate surface area is 108 Å². The van der Waals surface area contributed by atoms with Gasteiger partial charge in [-0.3, -0.25) is 0 Å². The predicted octanol–water partition coefficient (Wildman–Crippen LogP) is 1.11. The maximum absolute atomic E-state index is 5.61. The molecule has 1 aliphatic rings. The van der Waals surface area contributed by atoms with Crippen LogP contribution in [0.1, 0.15) is 30.5 Å². The summed E-state index contributed by atoms with van der Waals surface area (Å²) in [6.45, 7) is 4.28. The van der Waals surface area contributed by atoms with Gasteiger partial charge in [0.25, 0.3) is 0 Å². The highest BCUT2D eigenvalue weighted by Gasteiger charge is 2.20. The molecule has 0 spiro atoms. The Morgan fingerprint density at radius 1 is 1.56 bits per heavy atom. The standard InChI is InChI=1S/C13H22N4O/c1-10-11(8-14)9-15-13(16-10)18-7-5-12-4-3-6-17(12)2/h9,12H,3-8,14H2,1-2H3. The van der Waals surface area contributed by atoms with E-state index in [0.29, 0.717) is 25.2 Å². The molecule has 1 saturated heterocycles. The first-order valence-electron chi connectivity index (χ1n) is 6.56. The Morgan fingerprint density at radius 3 is 3.00 bits per heavy atom. The molecule has 0 bridgehead atoms. The average Bonchev–Trinajstić information content (AvgIpc) is 2.75. The minimum absolute atomic E-state index is 0.463. The van der Waals surface area contributed by atoms with E-state index in [4.69, 9.17) is 10.5 Å². The Balaban J connectivity index is 1.81. The molecule has 0 aliphatic carbocycles. The van der Waals surface area contributed by atoms with E-state index >= 15 is 0 Å². The first kappa shape index (κ1) is 13.2. The Hall–Kier alpha value is -1.20. The predicted molar refractivity (Wildman–Crippen MR) is 70.4 cm³/mol. The molecule has 1 aromatic heterocycles. The molecule has 2 rings (SSSR count). The molecule has 0 aromatic carbocycles. The van der Waals surface area contributed by atoms with Crippen LogP contribution in [0.3, 0.4) is 0 Å². The maximum atomic E-state index is 5.61. The molecule has 0 saturated carbocycles. The van der Waals surface area contributed by atoms with Crippen molar-refractivity contribution in [3.05, 3.63) is 17.5 Å². The molecule has 0 amide bonds. The van der Waals surface area contributed by atoms with E-state index in [9.17, 15) is 0 Å². The van der Waals surface area contributed by atoms with Crippen molar-refractivity contribution in [2.75, 3.05) is 20.2 Å². The summed E-state index contributed by atoms with van der Waals surface area (Å²) in [4.78, 5) is 10.9. The van der Waals surface area contributed by atoms with Gasteiger partial charge in [-0.05, 0) is 39.8 Å². The second-order valence-electron chi connectivity index (χ2n) is 4.88. The molecule has 5 heteroatoms. The van der Waals surface area contributed by atoms with Gasteiger partial charge in [0.15, 0.2) is 0 Å². The van der Waals surface area contributed by atoms with Crippen molar-refractivity contribution in [2.24, 2.45) is 5.73 Å². The SMILES string of the molecule is Cc1nc(OCCC2CCCN2C)ncc1CN. The van der Waals surface area contributed by atoms with Gasteiger partial charge in [-0.2, -0.15) is 0 Å². The van der Waals surface area contributed by atoms with Crippen LogP contribution in [0.5, 0.6) is 6.01 Å². The number of rotatable bonds is 5. The van der Waals surface area contributed by atoms with Crippen LogP contribution in [0.2, 0.25) is 0 Å². The lowest BCUT2D eigenvalue weighted by Gasteiger charge is -2.18. The number of ether oxygens (including phenoxy) is 1. The largest absolute Gasteiger partial charge is 0.463 e. The van der Waals surface area contributed by atoms with Crippen molar-refractivity contribution in [2.45, 2.75) is 38.8 Å². The number of aryl methyl sites for hydroxylation is 1. The summed E-state index contributed by atoms with van der Waals surface area (Å²) in [6.07, 6.45) is 5.35. The van der Waals surface area contributed by atoms with E-state index in [1.807, 2.05) is 6.92 Å². The molecule has 1 unspecified atom stereocenters. The van der Waals surface area contributed by atoms with Crippen LogP contribution >= 0.6 is 0 Å². The number of nitrogens with zero attached hydrogens (tertiary/aromatic N) is 3. The van der Waals surface area contributed by atoms with Crippen molar-refractivity contribution < 1.29 is 4.74 Å². The van der Waals surface area contributed by atoms with Gasteiger partial charge in [-0.25, -0.2) is 9.97 Å². The van der Waals surface area contributed by atoms with Crippen molar-refractivity contribution in [1.82, 2.24) is 14.9 Å². The van der Waals surface area contributed by atoms with Crippen LogP contribution in [0.15, 0.2) is 6.20 Å². The molecule has 2 N–H and O–H groups in total. The van der Waals surface area contributed by atoms with Crippen LogP contribution in [0.4, 0.5) is 0 Å². The third-order valence-electron chi connectivity index (χ3n) is 3.63. The number of aromatic nitrogens is 2. The minimum atomic E-state index is 0.463. The first-order valence-corrected chi connectivity index (χ1v) is 6.56. The van der Waals surface area contributed by atoms with Gasteiger partial charge in [0.05, 0.1) is 6.61 Å². The lowest BCUT2D eigenvalue weighted by Crippen LogP contribution is -2.26. The number of hydrogen-bond donors (Lipinski definition) is 1. The van der Waals surface area contributed by atoms with E-state index < -0.39 is 0 Å². The summed E-state index contributed by atoms with van der Waals surface area (Å²) in [5, 5.41) is 0. The number of likely N-dealkylation sites (tertiary alicyclic amines) is 1. The van der Waals surface area contributed by atoms with E-state index in [-0.39, 0.29) is 0 Å². The molecule has 1 aliphatic heterocycles. The normalized spacial score (nSPS) is 20.3. The van der Waals surface area contributed by atoms with Crippen LogP contribution < -0.4 is 10.5 Å². The molecule has 18 heavy (non-hydrogen) atoms. The lowest BCUT2D eigenvalue weighted by atomic mass is 10.1. The topological polar surface area (TPSA) is 64.3 Å². The minimum Gasteiger partial charge on any atom is -0.463 e. The molecule has 2 heterocycles. The van der Waals surface area contributed by atoms with Gasteiger partial charge in [0.1, 0.15) is 0 Å². The van der Waals surface area contributed by atoms with Gasteiger partial charge in [-0.1, -0.05) is 0 Å². The zero-order valence-electron chi connectivity index (χ0n) is 11.2. The molecule has 1 aromatic rings. The Kier molecular flexibility index (Phi) is 4.49. The third kappa shape index (κ3) is 3.17. The fourth-order valence-corrected chi connectivity index (χ4v) is 2.37.